The molecule has 0 saturated heterocycles. The third kappa shape index (κ3) is 9.79. The van der Waals surface area contributed by atoms with Crippen molar-refractivity contribution in [2.24, 2.45) is 28.7 Å². The molecule has 9 nitrogen and oxygen atoms in total. The predicted octanol–water partition coefficient (Wildman–Crippen LogP) is 4.52. The molecule has 0 aromatic carbocycles. The molecule has 1 amide bonds. The minimum Gasteiger partial charge on any atom is -0.461 e. The average molecular weight is 510 g/mol. The first kappa shape index (κ1) is 29.7. The number of ether oxygens (including phenoxy) is 1. The van der Waals surface area contributed by atoms with Crippen LogP contribution in [0.4, 0.5) is 5.95 Å². The number of nitrogens with zero attached hydrogens (tertiary/aromatic N) is 3. The van der Waals surface area contributed by atoms with Gasteiger partial charge in [0.15, 0.2) is 0 Å². The fourth-order valence-corrected chi connectivity index (χ4v) is 4.37. The van der Waals surface area contributed by atoms with Gasteiger partial charge in [0.05, 0.1) is 6.61 Å². The molecule has 0 fully saturated rings. The normalized spacial score (nSPS) is 21.7. The van der Waals surface area contributed by atoms with Gasteiger partial charge in [-0.3, -0.25) is 24.9 Å². The fraction of sp³-hybridized carbons (Fsp3) is 0.571. The summed E-state index contributed by atoms with van der Waals surface area (Å²) < 4.78 is 5.49. The van der Waals surface area contributed by atoms with Gasteiger partial charge in [0.2, 0.25) is 11.9 Å². The number of carbonyl (C=O) groups excluding carboxylic acids is 2. The van der Waals surface area contributed by atoms with Crippen LogP contribution in [0.1, 0.15) is 65.5 Å². The van der Waals surface area contributed by atoms with E-state index >= 15 is 0 Å². The number of unbranched alkanes of at least 4 members (excludes halogenated alkanes) is 1. The zero-order chi connectivity index (χ0) is 27.4. The Kier molecular flexibility index (Phi) is 11.9. The Morgan fingerprint density at radius 1 is 1.38 bits per heavy atom. The Morgan fingerprint density at radius 2 is 2.14 bits per heavy atom. The lowest BCUT2D eigenvalue weighted by atomic mass is 9.81. The van der Waals surface area contributed by atoms with Crippen molar-refractivity contribution in [3.63, 3.8) is 0 Å². The Bertz CT molecular complexity index is 1130. The summed E-state index contributed by atoms with van der Waals surface area (Å²) >= 11 is 0. The average Bonchev–Trinajstić information content (AvgIpc) is 2.98. The van der Waals surface area contributed by atoms with E-state index in [0.717, 1.165) is 31.4 Å². The maximum Gasteiger partial charge on any atom is 0.348 e. The van der Waals surface area contributed by atoms with Crippen molar-refractivity contribution in [1.29, 1.82) is 5.26 Å². The number of allylic oxidation sites excluding steroid dienone is 3. The lowest BCUT2D eigenvalue weighted by Crippen LogP contribution is -2.21. The van der Waals surface area contributed by atoms with Gasteiger partial charge in [-0.05, 0) is 49.5 Å². The molecule has 9 heteroatoms. The molecule has 1 aromatic heterocycles. The summed E-state index contributed by atoms with van der Waals surface area (Å²) in [5.41, 5.74) is 0.937. The standard InChI is InChI=1S/C28H39N5O4/c1-6-8-9-21(7-2)17-37-27(36)22(15-29)14-24-18(3)10-11-23(12-19(24)4)30-16-26(35)33-28-31-20(5)13-25(34)32-28/h10-11,13-14,18-19,21,24H,6-9,12,16-17H2,1-5H3,(H2,31,32,33,34,35). The summed E-state index contributed by atoms with van der Waals surface area (Å²) in [6.07, 6.45) is 10.3. The molecule has 37 heavy (non-hydrogen) atoms. The van der Waals surface area contributed by atoms with Crippen LogP contribution in [0.3, 0.4) is 0 Å². The van der Waals surface area contributed by atoms with E-state index in [9.17, 15) is 19.6 Å². The number of nitrogens with one attached hydrogen (secondary N) is 2. The molecule has 1 aliphatic carbocycles. The van der Waals surface area contributed by atoms with Crippen LogP contribution in [0.25, 0.3) is 0 Å². The number of carbonyl (C=O) groups is 2. The van der Waals surface area contributed by atoms with Crippen LogP contribution in [0.5, 0.6) is 0 Å². The van der Waals surface area contributed by atoms with Gasteiger partial charge in [-0.1, -0.05) is 59.1 Å². The number of aromatic amines is 1. The molecule has 200 valence electrons. The summed E-state index contributed by atoms with van der Waals surface area (Å²) in [6.45, 7) is 10.2. The molecule has 0 bridgehead atoms. The number of anilines is 1. The van der Waals surface area contributed by atoms with Crippen molar-refractivity contribution in [3.05, 3.63) is 45.9 Å². The lowest BCUT2D eigenvalue weighted by molar-refractivity contribution is -0.140. The van der Waals surface area contributed by atoms with Gasteiger partial charge in [0, 0.05) is 17.5 Å². The second kappa shape index (κ2) is 14.9. The van der Waals surface area contributed by atoms with E-state index in [1.165, 1.54) is 6.07 Å². The highest BCUT2D eigenvalue weighted by molar-refractivity contribution is 5.98. The smallest absolute Gasteiger partial charge is 0.348 e. The van der Waals surface area contributed by atoms with Gasteiger partial charge in [0.1, 0.15) is 18.2 Å². The van der Waals surface area contributed by atoms with Crippen LogP contribution in [0.2, 0.25) is 0 Å². The van der Waals surface area contributed by atoms with Crippen LogP contribution < -0.4 is 10.9 Å². The van der Waals surface area contributed by atoms with E-state index in [2.05, 4.69) is 34.1 Å². The molecule has 1 aliphatic rings. The minimum absolute atomic E-state index is 0.0295. The van der Waals surface area contributed by atoms with E-state index in [-0.39, 0.29) is 41.4 Å². The molecular formula is C28H39N5O4. The number of aromatic nitrogens is 2. The Balaban J connectivity index is 2.03. The van der Waals surface area contributed by atoms with Crippen LogP contribution in [0, 0.1) is 41.9 Å². The number of aliphatic imine (C=N–C) groups is 1. The van der Waals surface area contributed by atoms with E-state index < -0.39 is 11.9 Å². The minimum atomic E-state index is -0.571. The SMILES string of the molecule is CCCCC(CC)COC(=O)C(C#N)=CC1C(C)C=CC(=NCC(=O)Nc2nc(C)cc(=O)[nH]2)CC1C. The van der Waals surface area contributed by atoms with E-state index in [0.29, 0.717) is 24.6 Å². The molecule has 0 aliphatic heterocycles. The number of rotatable bonds is 11. The molecule has 4 unspecified atom stereocenters. The summed E-state index contributed by atoms with van der Waals surface area (Å²) in [6, 6.07) is 3.37. The van der Waals surface area contributed by atoms with E-state index in [1.54, 1.807) is 13.0 Å². The molecule has 1 heterocycles. The molecule has 0 radical (unpaired) electrons. The molecular weight excluding hydrogens is 470 g/mol. The Hall–Kier alpha value is -3.54. The highest BCUT2D eigenvalue weighted by Gasteiger charge is 2.26. The predicted molar refractivity (Wildman–Crippen MR) is 144 cm³/mol. The van der Waals surface area contributed by atoms with Gasteiger partial charge in [-0.2, -0.15) is 5.26 Å². The van der Waals surface area contributed by atoms with Gasteiger partial charge >= 0.3 is 5.97 Å². The first-order valence-electron chi connectivity index (χ1n) is 13.0. The van der Waals surface area contributed by atoms with Gasteiger partial charge in [-0.15, -0.1) is 0 Å². The quantitative estimate of drug-likeness (QED) is 0.256. The summed E-state index contributed by atoms with van der Waals surface area (Å²) in [4.78, 5) is 47.5. The van der Waals surface area contributed by atoms with Crippen LogP contribution in [0.15, 0.2) is 39.7 Å². The fourth-order valence-electron chi connectivity index (χ4n) is 4.37. The first-order chi connectivity index (χ1) is 17.7. The maximum absolute atomic E-state index is 12.6. The summed E-state index contributed by atoms with van der Waals surface area (Å²) in [5, 5.41) is 12.2. The van der Waals surface area contributed by atoms with Crippen molar-refractivity contribution in [2.75, 3.05) is 18.5 Å². The number of H-pyrrole nitrogens is 1. The second-order valence-corrected chi connectivity index (χ2v) is 9.78. The number of aryl methyl sites for hydroxylation is 1. The third-order valence-electron chi connectivity index (χ3n) is 6.63. The van der Waals surface area contributed by atoms with Crippen LogP contribution >= 0.6 is 0 Å². The topological polar surface area (TPSA) is 137 Å². The van der Waals surface area contributed by atoms with Gasteiger partial charge in [-0.25, -0.2) is 9.78 Å². The van der Waals surface area contributed by atoms with Crippen LogP contribution in [-0.2, 0) is 14.3 Å². The lowest BCUT2D eigenvalue weighted by Gasteiger charge is -2.23. The van der Waals surface area contributed by atoms with Crippen molar-refractivity contribution in [2.45, 2.75) is 66.7 Å². The molecule has 1 aromatic rings. The van der Waals surface area contributed by atoms with Crippen molar-refractivity contribution in [3.8, 4) is 6.07 Å². The highest BCUT2D eigenvalue weighted by atomic mass is 16.5. The molecule has 0 spiro atoms. The zero-order valence-electron chi connectivity index (χ0n) is 22.5. The van der Waals surface area contributed by atoms with Crippen LogP contribution in [-0.4, -0.2) is 40.7 Å². The van der Waals surface area contributed by atoms with Gasteiger partial charge < -0.3 is 4.74 Å². The largest absolute Gasteiger partial charge is 0.461 e. The number of amides is 1. The maximum atomic E-state index is 12.6. The Morgan fingerprint density at radius 3 is 2.78 bits per heavy atom. The van der Waals surface area contributed by atoms with Crippen molar-refractivity contribution >= 4 is 23.5 Å². The molecule has 0 saturated carbocycles. The number of esters is 1. The number of hydrogen-bond donors (Lipinski definition) is 2. The second-order valence-electron chi connectivity index (χ2n) is 9.78. The van der Waals surface area contributed by atoms with E-state index in [1.807, 2.05) is 32.1 Å². The molecule has 2 N–H and O–H groups in total. The van der Waals surface area contributed by atoms with E-state index in [4.69, 9.17) is 4.74 Å². The summed E-state index contributed by atoms with van der Waals surface area (Å²) in [7, 11) is 0. The first-order valence-corrected chi connectivity index (χ1v) is 13.0. The monoisotopic (exact) mass is 509 g/mol. The van der Waals surface area contributed by atoms with Crippen molar-refractivity contribution in [1.82, 2.24) is 9.97 Å². The summed E-state index contributed by atoms with van der Waals surface area (Å²) in [5.74, 6) is -0.504. The molecule has 4 atom stereocenters. The Labute approximate surface area is 219 Å². The number of hydrogen-bond acceptors (Lipinski definition) is 7. The van der Waals surface area contributed by atoms with Gasteiger partial charge in [0.25, 0.3) is 5.56 Å². The highest BCUT2D eigenvalue weighted by Crippen LogP contribution is 2.31. The molecule has 2 rings (SSSR count). The van der Waals surface area contributed by atoms with Crippen molar-refractivity contribution < 1.29 is 14.3 Å². The third-order valence-corrected chi connectivity index (χ3v) is 6.63. The zero-order valence-corrected chi connectivity index (χ0v) is 22.5. The number of nitriles is 1.